The minimum Gasteiger partial charge on any atom is -0.135 e. The minimum atomic E-state index is 1.28. The fraction of sp³-hybridized carbons (Fsp3) is 0. The molecular weight excluding hydrogens is 609 g/mol. The third kappa shape index (κ3) is 3.74. The normalized spacial score (nSPS) is 12.1. The molecule has 1 aromatic heterocycles. The third-order valence-electron chi connectivity index (χ3n) is 10.6. The molecule has 0 atom stereocenters. The minimum absolute atomic E-state index is 1.28. The largest absolute Gasteiger partial charge is 0.135 e. The standard InChI is InChI=1S/C48H28S/c1-2-16-31-29(14-1)30-15-3-5-19-34(30)46-35-20-6-4-17-32(35)43(28-42(31)46)47-38-23-9-7-21-36(38)45(37-22-8-10-24-39(37)47)41-26-13-25-40-33-18-11-12-27-44(33)49-48(40)41/h1-28H. The van der Waals surface area contributed by atoms with Crippen LogP contribution in [0.4, 0.5) is 0 Å². The van der Waals surface area contributed by atoms with Crippen molar-refractivity contribution in [3.8, 4) is 22.3 Å². The second-order valence-corrected chi connectivity index (χ2v) is 14.2. The van der Waals surface area contributed by atoms with Crippen LogP contribution in [-0.4, -0.2) is 0 Å². The average Bonchev–Trinajstić information content (AvgIpc) is 3.56. The Morgan fingerprint density at radius 3 is 1.29 bits per heavy atom. The van der Waals surface area contributed by atoms with Crippen LogP contribution < -0.4 is 0 Å². The molecule has 1 heteroatoms. The Kier molecular flexibility index (Phi) is 5.64. The van der Waals surface area contributed by atoms with Crippen molar-refractivity contribution >= 4 is 96.1 Å². The summed E-state index contributed by atoms with van der Waals surface area (Å²) >= 11 is 1.91. The molecular formula is C48H28S. The maximum Gasteiger partial charge on any atom is 0.0434 e. The van der Waals surface area contributed by atoms with Crippen LogP contribution in [0, 0.1) is 0 Å². The highest BCUT2D eigenvalue weighted by molar-refractivity contribution is 7.26. The summed E-state index contributed by atoms with van der Waals surface area (Å²) in [6.45, 7) is 0. The molecule has 11 aromatic rings. The Morgan fingerprint density at radius 1 is 0.265 bits per heavy atom. The van der Waals surface area contributed by atoms with Gasteiger partial charge in [-0.2, -0.15) is 0 Å². The number of thiophene rings is 1. The molecule has 0 amide bonds. The average molecular weight is 637 g/mol. The first-order valence-electron chi connectivity index (χ1n) is 16.9. The summed E-state index contributed by atoms with van der Waals surface area (Å²) < 4.78 is 2.68. The van der Waals surface area contributed by atoms with Crippen molar-refractivity contribution in [3.63, 3.8) is 0 Å². The smallest absolute Gasteiger partial charge is 0.0434 e. The van der Waals surface area contributed by atoms with Crippen molar-refractivity contribution in [1.29, 1.82) is 0 Å². The third-order valence-corrected chi connectivity index (χ3v) is 11.8. The van der Waals surface area contributed by atoms with E-state index in [1.165, 1.54) is 107 Å². The summed E-state index contributed by atoms with van der Waals surface area (Å²) in [5.41, 5.74) is 5.20. The van der Waals surface area contributed by atoms with Gasteiger partial charge in [0.05, 0.1) is 0 Å². The van der Waals surface area contributed by atoms with Crippen molar-refractivity contribution in [2.75, 3.05) is 0 Å². The molecule has 0 spiro atoms. The molecule has 49 heavy (non-hydrogen) atoms. The van der Waals surface area contributed by atoms with E-state index < -0.39 is 0 Å². The SMILES string of the molecule is c1ccc2c(c1)sc1c(-c3c4ccccc4c(-c4cc5c6ccccc6c6ccccc6c5c5ccccc45)c4ccccc34)cccc12. The maximum absolute atomic E-state index is 2.49. The van der Waals surface area contributed by atoms with Crippen LogP contribution in [0.2, 0.25) is 0 Å². The predicted octanol–water partition coefficient (Wildman–Crippen LogP) is 14.3. The van der Waals surface area contributed by atoms with Crippen LogP contribution >= 0.6 is 11.3 Å². The van der Waals surface area contributed by atoms with Crippen molar-refractivity contribution < 1.29 is 0 Å². The van der Waals surface area contributed by atoms with Gasteiger partial charge in [0.1, 0.15) is 0 Å². The first-order chi connectivity index (χ1) is 24.3. The molecule has 11 rings (SSSR count). The van der Waals surface area contributed by atoms with Gasteiger partial charge in [0.2, 0.25) is 0 Å². The van der Waals surface area contributed by atoms with Gasteiger partial charge >= 0.3 is 0 Å². The lowest BCUT2D eigenvalue weighted by Crippen LogP contribution is -1.93. The highest BCUT2D eigenvalue weighted by atomic mass is 32.1. The van der Waals surface area contributed by atoms with E-state index in [0.717, 1.165) is 0 Å². The number of fused-ring (bicyclic) bond motifs is 13. The van der Waals surface area contributed by atoms with E-state index in [-0.39, 0.29) is 0 Å². The van der Waals surface area contributed by atoms with Crippen LogP contribution in [0.3, 0.4) is 0 Å². The summed E-state index contributed by atoms with van der Waals surface area (Å²) in [7, 11) is 0. The highest BCUT2D eigenvalue weighted by Crippen LogP contribution is 2.50. The van der Waals surface area contributed by atoms with E-state index >= 15 is 0 Å². The van der Waals surface area contributed by atoms with Gasteiger partial charge in [-0.15, -0.1) is 11.3 Å². The van der Waals surface area contributed by atoms with E-state index in [0.29, 0.717) is 0 Å². The van der Waals surface area contributed by atoms with E-state index in [2.05, 4.69) is 170 Å². The lowest BCUT2D eigenvalue weighted by Gasteiger charge is -2.21. The zero-order valence-corrected chi connectivity index (χ0v) is 27.4. The van der Waals surface area contributed by atoms with Crippen molar-refractivity contribution in [3.05, 3.63) is 170 Å². The fourth-order valence-electron chi connectivity index (χ4n) is 8.63. The van der Waals surface area contributed by atoms with E-state index in [1.54, 1.807) is 0 Å². The summed E-state index contributed by atoms with van der Waals surface area (Å²) in [4.78, 5) is 0. The number of hydrogen-bond donors (Lipinski definition) is 0. The zero-order valence-electron chi connectivity index (χ0n) is 26.6. The van der Waals surface area contributed by atoms with Crippen LogP contribution in [0.5, 0.6) is 0 Å². The molecule has 0 aliphatic rings. The first-order valence-corrected chi connectivity index (χ1v) is 17.8. The Morgan fingerprint density at radius 2 is 0.673 bits per heavy atom. The lowest BCUT2D eigenvalue weighted by atomic mass is 9.82. The summed E-state index contributed by atoms with van der Waals surface area (Å²) in [6, 6.07) is 63.2. The maximum atomic E-state index is 2.49. The molecule has 226 valence electrons. The van der Waals surface area contributed by atoms with Gasteiger partial charge < -0.3 is 0 Å². The topological polar surface area (TPSA) is 0 Å². The van der Waals surface area contributed by atoms with E-state index in [1.807, 2.05) is 11.3 Å². The van der Waals surface area contributed by atoms with Gasteiger partial charge in [0.25, 0.3) is 0 Å². The molecule has 10 aromatic carbocycles. The van der Waals surface area contributed by atoms with Gasteiger partial charge in [0, 0.05) is 25.7 Å². The molecule has 0 aliphatic carbocycles. The second-order valence-electron chi connectivity index (χ2n) is 13.1. The van der Waals surface area contributed by atoms with Crippen molar-refractivity contribution in [1.82, 2.24) is 0 Å². The molecule has 1 heterocycles. The Balaban J connectivity index is 1.33. The Labute approximate surface area is 287 Å². The fourth-order valence-corrected chi connectivity index (χ4v) is 9.85. The number of rotatable bonds is 2. The Hall–Kier alpha value is -6.02. The van der Waals surface area contributed by atoms with Gasteiger partial charge in [-0.1, -0.05) is 158 Å². The predicted molar refractivity (Wildman–Crippen MR) is 215 cm³/mol. The van der Waals surface area contributed by atoms with Gasteiger partial charge in [-0.25, -0.2) is 0 Å². The van der Waals surface area contributed by atoms with Gasteiger partial charge in [0.15, 0.2) is 0 Å². The summed E-state index contributed by atoms with van der Waals surface area (Å²) in [5, 5.41) is 18.2. The summed E-state index contributed by atoms with van der Waals surface area (Å²) in [6.07, 6.45) is 0. The van der Waals surface area contributed by atoms with Crippen molar-refractivity contribution in [2.24, 2.45) is 0 Å². The van der Waals surface area contributed by atoms with E-state index in [4.69, 9.17) is 0 Å². The van der Waals surface area contributed by atoms with Crippen LogP contribution in [0.1, 0.15) is 0 Å². The van der Waals surface area contributed by atoms with Gasteiger partial charge in [-0.05, 0) is 93.5 Å². The monoisotopic (exact) mass is 636 g/mol. The summed E-state index contributed by atoms with van der Waals surface area (Å²) in [5.74, 6) is 0. The van der Waals surface area contributed by atoms with Crippen LogP contribution in [-0.2, 0) is 0 Å². The molecule has 0 radical (unpaired) electrons. The second kappa shape index (κ2) is 10.2. The molecule has 0 saturated carbocycles. The number of hydrogen-bond acceptors (Lipinski definition) is 1. The molecule has 0 aliphatic heterocycles. The highest BCUT2D eigenvalue weighted by Gasteiger charge is 2.22. The zero-order chi connectivity index (χ0) is 32.1. The number of benzene rings is 10. The van der Waals surface area contributed by atoms with Crippen LogP contribution in [0.25, 0.3) is 107 Å². The first kappa shape index (κ1) is 27.0. The Bertz CT molecular complexity index is 3100. The molecule has 0 saturated heterocycles. The van der Waals surface area contributed by atoms with E-state index in [9.17, 15) is 0 Å². The molecule has 0 fully saturated rings. The lowest BCUT2D eigenvalue weighted by molar-refractivity contribution is 1.71. The molecule has 0 N–H and O–H groups in total. The van der Waals surface area contributed by atoms with Gasteiger partial charge in [-0.3, -0.25) is 0 Å². The van der Waals surface area contributed by atoms with Crippen LogP contribution in [0.15, 0.2) is 170 Å². The quantitative estimate of drug-likeness (QED) is 0.131. The van der Waals surface area contributed by atoms with Crippen molar-refractivity contribution in [2.45, 2.75) is 0 Å². The molecule has 0 unspecified atom stereocenters. The molecule has 0 bridgehead atoms. The molecule has 0 nitrogen and oxygen atoms in total.